The topological polar surface area (TPSA) is 75.9 Å². The minimum Gasteiger partial charge on any atom is -0.362 e. The molecule has 17 heavy (non-hydrogen) atoms. The number of anilines is 2. The third-order valence-corrected chi connectivity index (χ3v) is 2.45. The molecule has 0 aliphatic heterocycles. The van der Waals surface area contributed by atoms with Crippen LogP contribution in [0.3, 0.4) is 0 Å². The maximum atomic E-state index is 5.28. The second-order valence-corrected chi connectivity index (χ2v) is 3.71. The molecule has 0 spiro atoms. The molecule has 88 valence electrons. The smallest absolute Gasteiger partial charge is 0.160 e. The van der Waals surface area contributed by atoms with E-state index in [9.17, 15) is 0 Å². The second-order valence-electron chi connectivity index (χ2n) is 3.71. The van der Waals surface area contributed by atoms with E-state index in [0.717, 1.165) is 0 Å². The van der Waals surface area contributed by atoms with Gasteiger partial charge in [-0.1, -0.05) is 30.3 Å². The van der Waals surface area contributed by atoms with Gasteiger partial charge in [-0.3, -0.25) is 4.98 Å². The SMILES string of the molecule is CC(Nc1cncc(NN)n1)c1ccccc1. The first-order valence-corrected chi connectivity index (χ1v) is 5.40. The Labute approximate surface area is 100 Å². The predicted octanol–water partition coefficient (Wildman–Crippen LogP) is 1.94. The second kappa shape index (κ2) is 5.27. The first-order valence-electron chi connectivity index (χ1n) is 5.40. The van der Waals surface area contributed by atoms with Crippen molar-refractivity contribution in [3.8, 4) is 0 Å². The maximum absolute atomic E-state index is 5.28. The van der Waals surface area contributed by atoms with Crippen molar-refractivity contribution in [3.63, 3.8) is 0 Å². The summed E-state index contributed by atoms with van der Waals surface area (Å²) in [5.41, 5.74) is 3.66. The van der Waals surface area contributed by atoms with Gasteiger partial charge in [-0.2, -0.15) is 0 Å². The number of rotatable bonds is 4. The minimum atomic E-state index is 0.165. The van der Waals surface area contributed by atoms with Crippen LogP contribution >= 0.6 is 0 Å². The number of nitrogens with two attached hydrogens (primary N) is 1. The summed E-state index contributed by atoms with van der Waals surface area (Å²) in [5, 5.41) is 3.26. The van der Waals surface area contributed by atoms with Crippen molar-refractivity contribution >= 4 is 11.6 Å². The van der Waals surface area contributed by atoms with Gasteiger partial charge in [0.05, 0.1) is 12.4 Å². The van der Waals surface area contributed by atoms with E-state index in [1.807, 2.05) is 18.2 Å². The summed E-state index contributed by atoms with van der Waals surface area (Å²) < 4.78 is 0. The third-order valence-electron chi connectivity index (χ3n) is 2.45. The van der Waals surface area contributed by atoms with Gasteiger partial charge in [0.25, 0.3) is 0 Å². The lowest BCUT2D eigenvalue weighted by atomic mass is 10.1. The van der Waals surface area contributed by atoms with Crippen molar-refractivity contribution in [1.82, 2.24) is 9.97 Å². The highest BCUT2D eigenvalue weighted by molar-refractivity contribution is 5.42. The molecule has 2 aromatic rings. The summed E-state index contributed by atoms with van der Waals surface area (Å²) in [4.78, 5) is 8.28. The molecular weight excluding hydrogens is 214 g/mol. The summed E-state index contributed by atoms with van der Waals surface area (Å²) in [6, 6.07) is 10.3. The third kappa shape index (κ3) is 2.92. The zero-order valence-electron chi connectivity index (χ0n) is 9.59. The Kier molecular flexibility index (Phi) is 3.52. The van der Waals surface area contributed by atoms with Crippen molar-refractivity contribution in [3.05, 3.63) is 48.3 Å². The maximum Gasteiger partial charge on any atom is 0.160 e. The van der Waals surface area contributed by atoms with Crippen LogP contribution in [0.1, 0.15) is 18.5 Å². The summed E-state index contributed by atoms with van der Waals surface area (Å²) in [6.07, 6.45) is 3.23. The molecule has 1 unspecified atom stereocenters. The minimum absolute atomic E-state index is 0.165. The molecule has 1 aromatic heterocycles. The van der Waals surface area contributed by atoms with Crippen LogP contribution in [0.4, 0.5) is 11.6 Å². The van der Waals surface area contributed by atoms with Crippen molar-refractivity contribution in [2.75, 3.05) is 10.7 Å². The van der Waals surface area contributed by atoms with Crippen molar-refractivity contribution < 1.29 is 0 Å². The van der Waals surface area contributed by atoms with Crippen LogP contribution in [0.2, 0.25) is 0 Å². The van der Waals surface area contributed by atoms with Gasteiger partial charge in [0.1, 0.15) is 5.82 Å². The predicted molar refractivity (Wildman–Crippen MR) is 68.3 cm³/mol. The van der Waals surface area contributed by atoms with Crippen molar-refractivity contribution in [2.45, 2.75) is 13.0 Å². The Morgan fingerprint density at radius 2 is 1.82 bits per heavy atom. The van der Waals surface area contributed by atoms with Crippen LogP contribution in [0, 0.1) is 0 Å². The van der Waals surface area contributed by atoms with Gasteiger partial charge in [-0.05, 0) is 12.5 Å². The Morgan fingerprint density at radius 1 is 1.12 bits per heavy atom. The van der Waals surface area contributed by atoms with E-state index in [-0.39, 0.29) is 6.04 Å². The van der Waals surface area contributed by atoms with E-state index >= 15 is 0 Å². The molecule has 0 bridgehead atoms. The lowest BCUT2D eigenvalue weighted by molar-refractivity contribution is 0.871. The number of hydrazine groups is 1. The lowest BCUT2D eigenvalue weighted by Crippen LogP contribution is -2.12. The number of nitrogens with zero attached hydrogens (tertiary/aromatic N) is 2. The van der Waals surface area contributed by atoms with Gasteiger partial charge in [0.2, 0.25) is 0 Å². The number of hydrogen-bond acceptors (Lipinski definition) is 5. The fourth-order valence-electron chi connectivity index (χ4n) is 1.55. The van der Waals surface area contributed by atoms with Crippen molar-refractivity contribution in [2.24, 2.45) is 5.84 Å². The normalized spacial score (nSPS) is 11.9. The number of nitrogen functional groups attached to an aromatic ring is 1. The summed E-state index contributed by atoms with van der Waals surface area (Å²) in [7, 11) is 0. The highest BCUT2D eigenvalue weighted by atomic mass is 15.3. The summed E-state index contributed by atoms with van der Waals surface area (Å²) in [6.45, 7) is 2.07. The molecule has 4 N–H and O–H groups in total. The number of aromatic nitrogens is 2. The van der Waals surface area contributed by atoms with Crippen LogP contribution < -0.4 is 16.6 Å². The zero-order valence-corrected chi connectivity index (χ0v) is 9.59. The van der Waals surface area contributed by atoms with Crippen LogP contribution in [0.5, 0.6) is 0 Å². The van der Waals surface area contributed by atoms with Crippen LogP contribution in [0.15, 0.2) is 42.7 Å². The van der Waals surface area contributed by atoms with Gasteiger partial charge in [0, 0.05) is 6.04 Å². The van der Waals surface area contributed by atoms with Crippen LogP contribution in [-0.4, -0.2) is 9.97 Å². The molecule has 1 atom stereocenters. The van der Waals surface area contributed by atoms with Gasteiger partial charge >= 0.3 is 0 Å². The van der Waals surface area contributed by atoms with Gasteiger partial charge < -0.3 is 10.7 Å². The zero-order chi connectivity index (χ0) is 12.1. The summed E-state index contributed by atoms with van der Waals surface area (Å²) >= 11 is 0. The number of hydrogen-bond donors (Lipinski definition) is 3. The van der Waals surface area contributed by atoms with E-state index in [0.29, 0.717) is 11.6 Å². The van der Waals surface area contributed by atoms with Gasteiger partial charge in [-0.15, -0.1) is 0 Å². The molecule has 1 heterocycles. The van der Waals surface area contributed by atoms with E-state index in [1.54, 1.807) is 12.4 Å². The highest BCUT2D eigenvalue weighted by Crippen LogP contribution is 2.17. The monoisotopic (exact) mass is 229 g/mol. The lowest BCUT2D eigenvalue weighted by Gasteiger charge is -2.14. The molecule has 0 radical (unpaired) electrons. The Bertz CT molecular complexity index is 471. The molecule has 1 aromatic carbocycles. The van der Waals surface area contributed by atoms with E-state index in [1.165, 1.54) is 5.56 Å². The Morgan fingerprint density at radius 3 is 2.53 bits per heavy atom. The molecule has 5 nitrogen and oxygen atoms in total. The van der Waals surface area contributed by atoms with E-state index in [4.69, 9.17) is 5.84 Å². The molecule has 5 heteroatoms. The first-order chi connectivity index (χ1) is 8.29. The first kappa shape index (κ1) is 11.3. The molecule has 0 amide bonds. The number of nitrogens with one attached hydrogen (secondary N) is 2. The fraction of sp³-hybridized carbons (Fsp3) is 0.167. The molecule has 0 aliphatic carbocycles. The standard InChI is InChI=1S/C12H15N5/c1-9(10-5-3-2-4-6-10)15-11-7-14-8-12(16-11)17-13/h2-9H,13H2,1H3,(H2,15,16,17). The molecule has 0 aliphatic rings. The Hall–Kier alpha value is -2.14. The number of benzene rings is 1. The van der Waals surface area contributed by atoms with Crippen LogP contribution in [0.25, 0.3) is 0 Å². The van der Waals surface area contributed by atoms with Gasteiger partial charge in [0.15, 0.2) is 5.82 Å². The molecule has 0 fully saturated rings. The largest absolute Gasteiger partial charge is 0.362 e. The molecule has 0 saturated heterocycles. The van der Waals surface area contributed by atoms with Crippen molar-refractivity contribution in [1.29, 1.82) is 0 Å². The fourth-order valence-corrected chi connectivity index (χ4v) is 1.55. The highest BCUT2D eigenvalue weighted by Gasteiger charge is 2.05. The quantitative estimate of drug-likeness (QED) is 0.551. The molecule has 2 rings (SSSR count). The summed E-state index contributed by atoms with van der Waals surface area (Å²) in [5.74, 6) is 6.51. The Balaban J connectivity index is 2.10. The average molecular weight is 229 g/mol. The molecular formula is C12H15N5. The van der Waals surface area contributed by atoms with Gasteiger partial charge in [-0.25, -0.2) is 10.8 Å². The molecule has 0 saturated carbocycles. The van der Waals surface area contributed by atoms with E-state index < -0.39 is 0 Å². The average Bonchev–Trinajstić information content (AvgIpc) is 2.40. The van der Waals surface area contributed by atoms with E-state index in [2.05, 4.69) is 39.8 Å². The van der Waals surface area contributed by atoms with Crippen LogP contribution in [-0.2, 0) is 0 Å².